The van der Waals surface area contributed by atoms with Crippen LogP contribution in [0.25, 0.3) is 0 Å². The van der Waals surface area contributed by atoms with Crippen molar-refractivity contribution in [1.29, 1.82) is 0 Å². The van der Waals surface area contributed by atoms with E-state index in [-0.39, 0.29) is 5.60 Å². The Hall–Kier alpha value is -1.59. The fourth-order valence-electron chi connectivity index (χ4n) is 3.21. The number of nitrogens with one attached hydrogen (secondary N) is 2. The van der Waals surface area contributed by atoms with Gasteiger partial charge in [-0.25, -0.2) is 4.99 Å². The lowest BCUT2D eigenvalue weighted by Gasteiger charge is -2.24. The molecule has 5 nitrogen and oxygen atoms in total. The molecule has 5 heteroatoms. The maximum atomic E-state index is 5.85. The molecule has 1 saturated heterocycles. The number of benzene rings is 1. The van der Waals surface area contributed by atoms with Gasteiger partial charge in [0, 0.05) is 26.2 Å². The third kappa shape index (κ3) is 6.61. The Morgan fingerprint density at radius 1 is 1.12 bits per heavy atom. The van der Waals surface area contributed by atoms with Crippen LogP contribution in [-0.2, 0) is 17.8 Å². The molecule has 1 aromatic rings. The van der Waals surface area contributed by atoms with Crippen molar-refractivity contribution in [1.82, 2.24) is 15.5 Å². The van der Waals surface area contributed by atoms with Crippen molar-refractivity contribution < 1.29 is 4.74 Å². The number of aliphatic imine (C=N–C) groups is 1. The highest BCUT2D eigenvalue weighted by Gasteiger charge is 2.29. The van der Waals surface area contributed by atoms with Crippen LogP contribution in [0.2, 0.25) is 0 Å². The van der Waals surface area contributed by atoms with E-state index in [0.717, 1.165) is 58.1 Å². The first-order valence-electron chi connectivity index (χ1n) is 10.0. The van der Waals surface area contributed by atoms with Crippen LogP contribution in [-0.4, -0.2) is 49.2 Å². The lowest BCUT2D eigenvalue weighted by molar-refractivity contribution is 0.0243. The number of nitrogens with zero attached hydrogens (tertiary/aromatic N) is 2. The molecule has 0 aromatic heterocycles. The maximum absolute atomic E-state index is 5.85. The van der Waals surface area contributed by atoms with Gasteiger partial charge in [-0.2, -0.15) is 0 Å². The van der Waals surface area contributed by atoms with Crippen LogP contribution in [0, 0.1) is 0 Å². The van der Waals surface area contributed by atoms with E-state index in [4.69, 9.17) is 9.73 Å². The zero-order valence-electron chi connectivity index (χ0n) is 17.0. The van der Waals surface area contributed by atoms with Gasteiger partial charge in [-0.15, -0.1) is 0 Å². The normalized spacial score (nSPS) is 20.6. The SMILES string of the molecule is CCNC(=NCc1ccc(CN(CC)CC)cc1)NCC1(C)CCCO1. The molecule has 1 heterocycles. The van der Waals surface area contributed by atoms with Crippen LogP contribution < -0.4 is 10.6 Å². The zero-order valence-corrected chi connectivity index (χ0v) is 17.0. The molecule has 1 aliphatic rings. The predicted octanol–water partition coefficient (Wildman–Crippen LogP) is 3.15. The maximum Gasteiger partial charge on any atom is 0.191 e. The highest BCUT2D eigenvalue weighted by Crippen LogP contribution is 2.23. The Morgan fingerprint density at radius 2 is 1.81 bits per heavy atom. The molecule has 0 spiro atoms. The summed E-state index contributed by atoms with van der Waals surface area (Å²) in [6.45, 7) is 15.1. The molecule has 1 atom stereocenters. The molecule has 2 rings (SSSR count). The number of rotatable bonds is 9. The van der Waals surface area contributed by atoms with Gasteiger partial charge in [-0.1, -0.05) is 38.1 Å². The van der Waals surface area contributed by atoms with Gasteiger partial charge in [0.1, 0.15) is 0 Å². The molecule has 0 radical (unpaired) electrons. The highest BCUT2D eigenvalue weighted by atomic mass is 16.5. The smallest absolute Gasteiger partial charge is 0.191 e. The first kappa shape index (κ1) is 20.7. The van der Waals surface area contributed by atoms with Crippen molar-refractivity contribution in [2.45, 2.75) is 59.2 Å². The number of guanidine groups is 1. The van der Waals surface area contributed by atoms with Gasteiger partial charge >= 0.3 is 0 Å². The fraction of sp³-hybridized carbons (Fsp3) is 0.667. The average Bonchev–Trinajstić information content (AvgIpc) is 3.10. The van der Waals surface area contributed by atoms with E-state index in [1.807, 2.05) is 0 Å². The summed E-state index contributed by atoms with van der Waals surface area (Å²) in [6.07, 6.45) is 2.25. The van der Waals surface area contributed by atoms with Crippen LogP contribution in [0.4, 0.5) is 0 Å². The van der Waals surface area contributed by atoms with Crippen LogP contribution in [0.5, 0.6) is 0 Å². The lowest BCUT2D eigenvalue weighted by atomic mass is 10.0. The van der Waals surface area contributed by atoms with Gasteiger partial charge in [0.25, 0.3) is 0 Å². The Balaban J connectivity index is 1.89. The quantitative estimate of drug-likeness (QED) is 0.525. The van der Waals surface area contributed by atoms with Gasteiger partial charge < -0.3 is 15.4 Å². The van der Waals surface area contributed by atoms with Crippen LogP contribution in [0.3, 0.4) is 0 Å². The fourth-order valence-corrected chi connectivity index (χ4v) is 3.21. The van der Waals surface area contributed by atoms with Crippen molar-refractivity contribution in [3.8, 4) is 0 Å². The molecule has 0 saturated carbocycles. The first-order chi connectivity index (χ1) is 12.6. The Labute approximate surface area is 159 Å². The largest absolute Gasteiger partial charge is 0.373 e. The lowest BCUT2D eigenvalue weighted by Crippen LogP contribution is -2.45. The van der Waals surface area contributed by atoms with E-state index in [1.54, 1.807) is 0 Å². The minimum atomic E-state index is -0.0672. The van der Waals surface area contributed by atoms with E-state index in [2.05, 4.69) is 67.5 Å². The van der Waals surface area contributed by atoms with Gasteiger partial charge in [0.15, 0.2) is 5.96 Å². The molecule has 1 fully saturated rings. The molecule has 0 amide bonds. The molecule has 0 bridgehead atoms. The summed E-state index contributed by atoms with van der Waals surface area (Å²) in [5.74, 6) is 0.858. The Kier molecular flexibility index (Phi) is 8.39. The van der Waals surface area contributed by atoms with E-state index in [9.17, 15) is 0 Å². The third-order valence-electron chi connectivity index (χ3n) is 5.02. The molecule has 2 N–H and O–H groups in total. The molecule has 1 aromatic carbocycles. The zero-order chi connectivity index (χ0) is 18.8. The summed E-state index contributed by atoms with van der Waals surface area (Å²) in [6, 6.07) is 8.81. The minimum Gasteiger partial charge on any atom is -0.373 e. The van der Waals surface area contributed by atoms with Gasteiger partial charge in [-0.05, 0) is 50.9 Å². The summed E-state index contributed by atoms with van der Waals surface area (Å²) < 4.78 is 5.85. The summed E-state index contributed by atoms with van der Waals surface area (Å²) in [5, 5.41) is 6.76. The van der Waals surface area contributed by atoms with Crippen molar-refractivity contribution in [3.05, 3.63) is 35.4 Å². The number of hydrogen-bond donors (Lipinski definition) is 2. The van der Waals surface area contributed by atoms with Crippen LogP contribution in [0.1, 0.15) is 51.7 Å². The molecule has 146 valence electrons. The molecule has 1 aliphatic heterocycles. The topological polar surface area (TPSA) is 48.9 Å². The monoisotopic (exact) mass is 360 g/mol. The van der Waals surface area contributed by atoms with Gasteiger partial charge in [-0.3, -0.25) is 4.90 Å². The van der Waals surface area contributed by atoms with E-state index < -0.39 is 0 Å². The van der Waals surface area contributed by atoms with Crippen molar-refractivity contribution >= 4 is 5.96 Å². The summed E-state index contributed by atoms with van der Waals surface area (Å²) in [7, 11) is 0. The number of hydrogen-bond acceptors (Lipinski definition) is 3. The molecule has 1 unspecified atom stereocenters. The second-order valence-corrected chi connectivity index (χ2v) is 7.23. The van der Waals surface area contributed by atoms with E-state index >= 15 is 0 Å². The van der Waals surface area contributed by atoms with Crippen LogP contribution in [0.15, 0.2) is 29.3 Å². The summed E-state index contributed by atoms with van der Waals surface area (Å²) >= 11 is 0. The second-order valence-electron chi connectivity index (χ2n) is 7.23. The summed E-state index contributed by atoms with van der Waals surface area (Å²) in [5.41, 5.74) is 2.52. The van der Waals surface area contributed by atoms with Crippen molar-refractivity contribution in [3.63, 3.8) is 0 Å². The third-order valence-corrected chi connectivity index (χ3v) is 5.02. The molecular formula is C21H36N4O. The minimum absolute atomic E-state index is 0.0672. The first-order valence-corrected chi connectivity index (χ1v) is 10.0. The summed E-state index contributed by atoms with van der Waals surface area (Å²) in [4.78, 5) is 7.15. The van der Waals surface area contributed by atoms with E-state index in [1.165, 1.54) is 11.1 Å². The van der Waals surface area contributed by atoms with Crippen LogP contribution >= 0.6 is 0 Å². The van der Waals surface area contributed by atoms with Gasteiger partial charge in [0.2, 0.25) is 0 Å². The Morgan fingerprint density at radius 3 is 2.38 bits per heavy atom. The van der Waals surface area contributed by atoms with Crippen molar-refractivity contribution in [2.24, 2.45) is 4.99 Å². The molecule has 26 heavy (non-hydrogen) atoms. The van der Waals surface area contributed by atoms with E-state index in [0.29, 0.717) is 6.54 Å². The standard InChI is InChI=1S/C21H36N4O/c1-5-22-20(24-17-21(4)13-8-14-26-21)23-15-18-9-11-19(12-10-18)16-25(6-2)7-3/h9-12H,5-8,13-17H2,1-4H3,(H2,22,23,24). The highest BCUT2D eigenvalue weighted by molar-refractivity contribution is 5.79. The molecular weight excluding hydrogens is 324 g/mol. The second kappa shape index (κ2) is 10.5. The van der Waals surface area contributed by atoms with Gasteiger partial charge in [0.05, 0.1) is 12.1 Å². The number of ether oxygens (including phenoxy) is 1. The Bertz CT molecular complexity index is 546. The predicted molar refractivity (Wildman–Crippen MR) is 109 cm³/mol. The average molecular weight is 361 g/mol. The molecule has 0 aliphatic carbocycles. The van der Waals surface area contributed by atoms with Crippen molar-refractivity contribution in [2.75, 3.05) is 32.8 Å².